The lowest BCUT2D eigenvalue weighted by atomic mass is 10.1. The number of carbonyl (C=O) groups excluding carboxylic acids is 2. The van der Waals surface area contributed by atoms with Gasteiger partial charge in [-0.15, -0.1) is 11.3 Å². The van der Waals surface area contributed by atoms with Crippen LogP contribution in [0.2, 0.25) is 0 Å². The monoisotopic (exact) mass is 535 g/mol. The van der Waals surface area contributed by atoms with Crippen LogP contribution in [0.15, 0.2) is 78.2 Å². The lowest BCUT2D eigenvalue weighted by molar-refractivity contribution is -0.138. The van der Waals surface area contributed by atoms with Gasteiger partial charge in [0.1, 0.15) is 0 Å². The van der Waals surface area contributed by atoms with Crippen LogP contribution in [-0.4, -0.2) is 16.8 Å². The summed E-state index contributed by atoms with van der Waals surface area (Å²) in [5.74, 6) is -1.51. The highest BCUT2D eigenvalue weighted by molar-refractivity contribution is 7.14. The Bertz CT molecular complexity index is 1460. The number of anilines is 2. The molecule has 0 unspecified atom stereocenters. The molecule has 0 saturated heterocycles. The molecule has 0 bridgehead atoms. The van der Waals surface area contributed by atoms with E-state index in [1.165, 1.54) is 18.2 Å². The summed E-state index contributed by atoms with van der Waals surface area (Å²) in [4.78, 5) is 29.1. The number of thiazole rings is 1. The normalized spacial score (nSPS) is 11.7. The summed E-state index contributed by atoms with van der Waals surface area (Å²) in [6.45, 7) is 0. The summed E-state index contributed by atoms with van der Waals surface area (Å²) in [7, 11) is 0. The van der Waals surface area contributed by atoms with Gasteiger partial charge in [-0.25, -0.2) is 4.98 Å². The van der Waals surface area contributed by atoms with Crippen molar-refractivity contribution in [3.63, 3.8) is 0 Å². The highest BCUT2D eigenvalue weighted by Gasteiger charge is 2.31. The molecule has 0 aliphatic carbocycles. The second kappa shape index (κ2) is 10.1. The number of aromatic nitrogens is 1. The van der Waals surface area contributed by atoms with Crippen molar-refractivity contribution in [2.45, 2.75) is 12.4 Å². The van der Waals surface area contributed by atoms with Gasteiger partial charge in [0.2, 0.25) is 0 Å². The number of halogens is 6. The molecule has 0 radical (unpaired) electrons. The Morgan fingerprint density at radius 2 is 1.24 bits per heavy atom. The predicted octanol–water partition coefficient (Wildman–Crippen LogP) is 7.35. The van der Waals surface area contributed by atoms with Crippen molar-refractivity contribution in [1.29, 1.82) is 0 Å². The van der Waals surface area contributed by atoms with Crippen molar-refractivity contribution < 1.29 is 35.9 Å². The Balaban J connectivity index is 1.47. The van der Waals surface area contributed by atoms with Crippen molar-refractivity contribution >= 4 is 34.0 Å². The first-order chi connectivity index (χ1) is 17.4. The van der Waals surface area contributed by atoms with Crippen LogP contribution in [0.1, 0.15) is 31.8 Å². The first-order valence-electron chi connectivity index (χ1n) is 10.4. The van der Waals surface area contributed by atoms with Crippen molar-refractivity contribution in [2.75, 3.05) is 10.6 Å². The van der Waals surface area contributed by atoms with E-state index < -0.39 is 35.3 Å². The molecule has 190 valence electrons. The summed E-state index contributed by atoms with van der Waals surface area (Å²) in [5, 5.41) is 6.71. The highest BCUT2D eigenvalue weighted by Crippen LogP contribution is 2.31. The Morgan fingerprint density at radius 3 is 1.81 bits per heavy atom. The summed E-state index contributed by atoms with van der Waals surface area (Å²) >= 11 is 1.04. The van der Waals surface area contributed by atoms with E-state index in [1.54, 1.807) is 23.6 Å². The van der Waals surface area contributed by atoms with E-state index in [1.807, 2.05) is 0 Å². The molecule has 37 heavy (non-hydrogen) atoms. The van der Waals surface area contributed by atoms with Crippen LogP contribution in [0.3, 0.4) is 0 Å². The molecule has 4 rings (SSSR count). The average molecular weight is 535 g/mol. The summed E-state index contributed by atoms with van der Waals surface area (Å²) in [6, 6.07) is 14.3. The van der Waals surface area contributed by atoms with Gasteiger partial charge in [-0.1, -0.05) is 24.3 Å². The molecule has 0 saturated carbocycles. The second-order valence-electron chi connectivity index (χ2n) is 7.68. The average Bonchev–Trinajstić information content (AvgIpc) is 3.32. The van der Waals surface area contributed by atoms with Gasteiger partial charge in [-0.3, -0.25) is 14.9 Å². The number of nitrogens with one attached hydrogen (secondary N) is 2. The van der Waals surface area contributed by atoms with Crippen LogP contribution < -0.4 is 10.6 Å². The van der Waals surface area contributed by atoms with Crippen molar-refractivity contribution in [3.05, 3.63) is 100 Å². The van der Waals surface area contributed by atoms with Crippen LogP contribution in [0, 0.1) is 0 Å². The minimum atomic E-state index is -4.59. The SMILES string of the molecule is O=C(Nc1cccc(-c2csc(NC(=O)c3cccc(C(F)(F)F)c3)n2)c1)c1cccc(C(F)(F)F)c1. The smallest absolute Gasteiger partial charge is 0.322 e. The van der Waals surface area contributed by atoms with Gasteiger partial charge in [0.25, 0.3) is 11.8 Å². The van der Waals surface area contributed by atoms with Crippen molar-refractivity contribution in [2.24, 2.45) is 0 Å². The molecule has 0 fully saturated rings. The minimum absolute atomic E-state index is 0.135. The maximum Gasteiger partial charge on any atom is 0.416 e. The zero-order chi connectivity index (χ0) is 26.8. The zero-order valence-corrected chi connectivity index (χ0v) is 19.3. The van der Waals surface area contributed by atoms with Crippen LogP contribution in [0.4, 0.5) is 37.2 Å². The Morgan fingerprint density at radius 1 is 0.703 bits per heavy atom. The first kappa shape index (κ1) is 25.9. The Hall–Kier alpha value is -4.19. The molecule has 1 aromatic heterocycles. The zero-order valence-electron chi connectivity index (χ0n) is 18.4. The van der Waals surface area contributed by atoms with Gasteiger partial charge in [0.05, 0.1) is 16.8 Å². The van der Waals surface area contributed by atoms with Gasteiger partial charge < -0.3 is 5.32 Å². The number of hydrogen-bond donors (Lipinski definition) is 2. The molecule has 4 aromatic rings. The van der Waals surface area contributed by atoms with E-state index in [9.17, 15) is 35.9 Å². The molecule has 12 heteroatoms. The van der Waals surface area contributed by atoms with Gasteiger partial charge in [-0.2, -0.15) is 26.3 Å². The van der Waals surface area contributed by atoms with E-state index in [-0.39, 0.29) is 16.3 Å². The van der Waals surface area contributed by atoms with Gasteiger partial charge in [0.15, 0.2) is 5.13 Å². The topological polar surface area (TPSA) is 71.1 Å². The largest absolute Gasteiger partial charge is 0.416 e. The molecular formula is C25H15F6N3O2S. The molecule has 2 amide bonds. The molecule has 0 aliphatic heterocycles. The third-order valence-corrected chi connectivity index (χ3v) is 5.80. The molecule has 3 aromatic carbocycles. The van der Waals surface area contributed by atoms with Crippen LogP contribution in [0.5, 0.6) is 0 Å². The second-order valence-corrected chi connectivity index (χ2v) is 8.54. The number of hydrogen-bond acceptors (Lipinski definition) is 4. The third-order valence-electron chi connectivity index (χ3n) is 5.05. The predicted molar refractivity (Wildman–Crippen MR) is 126 cm³/mol. The minimum Gasteiger partial charge on any atom is -0.322 e. The van der Waals surface area contributed by atoms with E-state index in [0.717, 1.165) is 47.7 Å². The van der Waals surface area contributed by atoms with Gasteiger partial charge >= 0.3 is 12.4 Å². The Kier molecular flexibility index (Phi) is 7.03. The fourth-order valence-electron chi connectivity index (χ4n) is 3.27. The molecule has 0 aliphatic rings. The van der Waals surface area contributed by atoms with Gasteiger partial charge in [-0.05, 0) is 48.5 Å². The maximum atomic E-state index is 12.9. The fraction of sp³-hybridized carbons (Fsp3) is 0.0800. The van der Waals surface area contributed by atoms with E-state index in [0.29, 0.717) is 16.9 Å². The van der Waals surface area contributed by atoms with E-state index in [4.69, 9.17) is 0 Å². The van der Waals surface area contributed by atoms with Crippen molar-refractivity contribution in [1.82, 2.24) is 4.98 Å². The van der Waals surface area contributed by atoms with Crippen molar-refractivity contribution in [3.8, 4) is 11.3 Å². The highest BCUT2D eigenvalue weighted by atomic mass is 32.1. The quantitative estimate of drug-likeness (QED) is 0.263. The molecule has 1 heterocycles. The first-order valence-corrected chi connectivity index (χ1v) is 11.3. The maximum absolute atomic E-state index is 12.9. The molecular weight excluding hydrogens is 520 g/mol. The van der Waals surface area contributed by atoms with Crippen LogP contribution in [0.25, 0.3) is 11.3 Å². The number of carbonyl (C=O) groups is 2. The third kappa shape index (κ3) is 6.33. The van der Waals surface area contributed by atoms with E-state index in [2.05, 4.69) is 15.6 Å². The summed E-state index contributed by atoms with van der Waals surface area (Å²) in [5.41, 5.74) is -1.04. The molecule has 0 spiro atoms. The number of rotatable bonds is 5. The van der Waals surface area contributed by atoms with Crippen LogP contribution >= 0.6 is 11.3 Å². The summed E-state index contributed by atoms with van der Waals surface area (Å²) < 4.78 is 77.5. The Labute approximate surface area is 209 Å². The van der Waals surface area contributed by atoms with E-state index >= 15 is 0 Å². The lowest BCUT2D eigenvalue weighted by Crippen LogP contribution is -2.14. The standard InChI is InChI=1S/C25H15F6N3O2S/c26-24(27,28)17-7-1-5-15(10-17)21(35)32-19-9-3-4-14(12-19)20-13-37-23(33-20)34-22(36)16-6-2-8-18(11-16)25(29,30)31/h1-13H,(H,32,35)(H,33,34,36). The lowest BCUT2D eigenvalue weighted by Gasteiger charge is -2.10. The number of benzene rings is 3. The number of nitrogens with zero attached hydrogens (tertiary/aromatic N) is 1. The molecule has 2 N–H and O–H groups in total. The van der Waals surface area contributed by atoms with Crippen LogP contribution in [-0.2, 0) is 12.4 Å². The molecule has 5 nitrogen and oxygen atoms in total. The number of amides is 2. The fourth-order valence-corrected chi connectivity index (χ4v) is 3.98. The summed E-state index contributed by atoms with van der Waals surface area (Å²) in [6.07, 6.45) is -9.18. The molecule has 0 atom stereocenters. The number of alkyl halides is 6. The van der Waals surface area contributed by atoms with Gasteiger partial charge in [0, 0.05) is 27.8 Å².